The molecule has 2 N–H and O–H groups in total. The van der Waals surface area contributed by atoms with Gasteiger partial charge in [0, 0.05) is 40.3 Å². The van der Waals surface area contributed by atoms with E-state index in [1.165, 1.54) is 6.08 Å². The molecule has 192 valence electrons. The second kappa shape index (κ2) is 10.9. The van der Waals surface area contributed by atoms with Crippen LogP contribution in [0.4, 0.5) is 5.69 Å². The van der Waals surface area contributed by atoms with Crippen LogP contribution in [0.1, 0.15) is 48.8 Å². The van der Waals surface area contributed by atoms with Crippen molar-refractivity contribution in [1.29, 1.82) is 0 Å². The highest BCUT2D eigenvalue weighted by Gasteiger charge is 2.41. The molecule has 4 rings (SSSR count). The van der Waals surface area contributed by atoms with Crippen molar-refractivity contribution in [3.8, 4) is 0 Å². The third kappa shape index (κ3) is 6.12. The summed E-state index contributed by atoms with van der Waals surface area (Å²) in [5, 5.41) is 6.62. The molecule has 2 aromatic rings. The van der Waals surface area contributed by atoms with Gasteiger partial charge in [0.25, 0.3) is 11.8 Å². The second-order valence-electron chi connectivity index (χ2n) is 9.52. The normalized spacial score (nSPS) is 18.5. The van der Waals surface area contributed by atoms with Crippen LogP contribution in [0.5, 0.6) is 0 Å². The number of hydrogen-bond acceptors (Lipinski definition) is 5. The third-order valence-electron chi connectivity index (χ3n) is 6.53. The Hall–Kier alpha value is -3.42. The van der Waals surface area contributed by atoms with Gasteiger partial charge >= 0.3 is 0 Å². The van der Waals surface area contributed by atoms with Crippen molar-refractivity contribution in [2.45, 2.75) is 51.5 Å². The van der Waals surface area contributed by atoms with Gasteiger partial charge < -0.3 is 10.6 Å². The Balaban J connectivity index is 1.43. The number of aryl methyl sites for hydroxylation is 1. The minimum atomic E-state index is -0.884. The molecule has 2 aliphatic rings. The van der Waals surface area contributed by atoms with E-state index in [1.54, 1.807) is 18.2 Å². The van der Waals surface area contributed by atoms with Crippen molar-refractivity contribution in [1.82, 2.24) is 10.2 Å². The molecule has 0 radical (unpaired) electrons. The van der Waals surface area contributed by atoms with E-state index in [4.69, 9.17) is 23.2 Å². The molecule has 37 heavy (non-hydrogen) atoms. The number of benzene rings is 2. The SMILES string of the molecule is C=C1CCC(N2C(=O)C=C(Nc3cc(Cl)cc(C(C)CC(=O)Cc4ccc(C)c(Cl)c4)c3)C2=O)C(=O)N1. The number of anilines is 1. The van der Waals surface area contributed by atoms with Crippen LogP contribution < -0.4 is 10.6 Å². The predicted octanol–water partition coefficient (Wildman–Crippen LogP) is 5.06. The maximum atomic E-state index is 13.0. The van der Waals surface area contributed by atoms with Crippen LogP contribution in [0.2, 0.25) is 10.0 Å². The summed E-state index contributed by atoms with van der Waals surface area (Å²) in [6, 6.07) is 9.92. The lowest BCUT2D eigenvalue weighted by atomic mass is 9.93. The fraction of sp³-hybridized carbons (Fsp3) is 0.286. The standard InChI is InChI=1S/C28H27Cl2N3O4/c1-15-4-6-18(10-23(15)30)9-22(34)8-16(2)19-11-20(29)13-21(12-19)32-24-14-26(35)33(28(24)37)25-7-5-17(3)31-27(25)36/h4,6,10-14,16,25,32H,3,5,7-9H2,1-2H3,(H,31,36). The summed E-state index contributed by atoms with van der Waals surface area (Å²) in [4.78, 5) is 51.6. The molecular weight excluding hydrogens is 513 g/mol. The number of allylic oxidation sites excluding steroid dienone is 1. The zero-order valence-electron chi connectivity index (χ0n) is 20.6. The quantitative estimate of drug-likeness (QED) is 0.457. The first-order valence-corrected chi connectivity index (χ1v) is 12.7. The van der Waals surface area contributed by atoms with E-state index in [-0.39, 0.29) is 23.8 Å². The van der Waals surface area contributed by atoms with Crippen molar-refractivity contribution in [2.24, 2.45) is 0 Å². The predicted molar refractivity (Wildman–Crippen MR) is 143 cm³/mol. The summed E-state index contributed by atoms with van der Waals surface area (Å²) in [7, 11) is 0. The van der Waals surface area contributed by atoms with E-state index in [0.29, 0.717) is 40.7 Å². The van der Waals surface area contributed by atoms with Gasteiger partial charge in [-0.1, -0.05) is 48.8 Å². The van der Waals surface area contributed by atoms with Gasteiger partial charge in [-0.05, 0) is 66.6 Å². The Bertz CT molecular complexity index is 1350. The molecule has 1 saturated heterocycles. The molecule has 0 aliphatic carbocycles. The number of Topliss-reactive ketones (excluding diaryl/α,β-unsaturated/α-hetero) is 1. The van der Waals surface area contributed by atoms with Crippen LogP contribution >= 0.6 is 23.2 Å². The Kier molecular flexibility index (Phi) is 7.85. The minimum Gasteiger partial charge on any atom is -0.351 e. The topological polar surface area (TPSA) is 95.6 Å². The van der Waals surface area contributed by atoms with Crippen LogP contribution in [0, 0.1) is 6.92 Å². The molecule has 9 heteroatoms. The van der Waals surface area contributed by atoms with E-state index < -0.39 is 23.8 Å². The first kappa shape index (κ1) is 26.6. The summed E-state index contributed by atoms with van der Waals surface area (Å²) in [5.41, 5.74) is 3.74. The van der Waals surface area contributed by atoms with Crippen LogP contribution in [-0.4, -0.2) is 34.4 Å². The Morgan fingerprint density at radius 1 is 1.19 bits per heavy atom. The highest BCUT2D eigenvalue weighted by Crippen LogP contribution is 2.30. The maximum Gasteiger partial charge on any atom is 0.278 e. The van der Waals surface area contributed by atoms with Crippen LogP contribution in [0.15, 0.2) is 60.4 Å². The van der Waals surface area contributed by atoms with Crippen LogP contribution in [0.3, 0.4) is 0 Å². The number of ketones is 1. The van der Waals surface area contributed by atoms with E-state index in [2.05, 4.69) is 17.2 Å². The number of rotatable bonds is 8. The molecule has 2 aromatic carbocycles. The van der Waals surface area contributed by atoms with Gasteiger partial charge in [-0.25, -0.2) is 0 Å². The Morgan fingerprint density at radius 3 is 2.65 bits per heavy atom. The molecule has 0 aromatic heterocycles. The summed E-state index contributed by atoms with van der Waals surface area (Å²) in [6.07, 6.45) is 2.56. The van der Waals surface area contributed by atoms with Crippen molar-refractivity contribution in [3.05, 3.63) is 87.2 Å². The molecule has 0 spiro atoms. The van der Waals surface area contributed by atoms with Crippen molar-refractivity contribution < 1.29 is 19.2 Å². The van der Waals surface area contributed by atoms with Crippen molar-refractivity contribution in [2.75, 3.05) is 5.32 Å². The van der Waals surface area contributed by atoms with Gasteiger partial charge in [-0.3, -0.25) is 24.1 Å². The largest absolute Gasteiger partial charge is 0.351 e. The number of nitrogens with zero attached hydrogens (tertiary/aromatic N) is 1. The number of imide groups is 1. The fourth-order valence-corrected chi connectivity index (χ4v) is 4.95. The van der Waals surface area contributed by atoms with Gasteiger partial charge in [0.15, 0.2) is 0 Å². The first-order valence-electron chi connectivity index (χ1n) is 11.9. The lowest BCUT2D eigenvalue weighted by Gasteiger charge is -2.29. The van der Waals surface area contributed by atoms with Crippen molar-refractivity contribution >= 4 is 52.4 Å². The monoisotopic (exact) mass is 539 g/mol. The summed E-state index contributed by atoms with van der Waals surface area (Å²) in [6.45, 7) is 7.56. The summed E-state index contributed by atoms with van der Waals surface area (Å²) < 4.78 is 0. The molecule has 2 atom stereocenters. The van der Waals surface area contributed by atoms with E-state index in [0.717, 1.165) is 21.6 Å². The Labute approximate surface area is 225 Å². The molecular formula is C28H27Cl2N3O4. The summed E-state index contributed by atoms with van der Waals surface area (Å²) >= 11 is 12.5. The molecule has 2 unspecified atom stereocenters. The molecule has 2 heterocycles. The molecule has 7 nitrogen and oxygen atoms in total. The molecule has 0 saturated carbocycles. The smallest absolute Gasteiger partial charge is 0.278 e. The number of carbonyl (C=O) groups excluding carboxylic acids is 4. The molecule has 3 amide bonds. The first-order chi connectivity index (χ1) is 17.5. The third-order valence-corrected chi connectivity index (χ3v) is 7.15. The van der Waals surface area contributed by atoms with E-state index in [1.807, 2.05) is 32.0 Å². The van der Waals surface area contributed by atoms with Crippen LogP contribution in [0.25, 0.3) is 0 Å². The molecule has 0 bridgehead atoms. The maximum absolute atomic E-state index is 13.0. The minimum absolute atomic E-state index is 0.0513. The van der Waals surface area contributed by atoms with Gasteiger partial charge in [-0.15, -0.1) is 0 Å². The Morgan fingerprint density at radius 2 is 1.95 bits per heavy atom. The number of hydrogen-bond donors (Lipinski definition) is 2. The van der Waals surface area contributed by atoms with Gasteiger partial charge in [0.05, 0.1) is 0 Å². The second-order valence-corrected chi connectivity index (χ2v) is 10.4. The lowest BCUT2D eigenvalue weighted by molar-refractivity contribution is -0.146. The van der Waals surface area contributed by atoms with Gasteiger partial charge in [-0.2, -0.15) is 0 Å². The van der Waals surface area contributed by atoms with Crippen molar-refractivity contribution in [3.63, 3.8) is 0 Å². The van der Waals surface area contributed by atoms with Gasteiger partial charge in [0.2, 0.25) is 5.91 Å². The number of nitrogens with one attached hydrogen (secondary N) is 2. The summed E-state index contributed by atoms with van der Waals surface area (Å²) in [5.74, 6) is -1.65. The average Bonchev–Trinajstić information content (AvgIpc) is 3.08. The average molecular weight is 540 g/mol. The number of piperidine rings is 1. The van der Waals surface area contributed by atoms with Crippen LogP contribution in [-0.2, 0) is 25.6 Å². The number of amides is 3. The van der Waals surface area contributed by atoms with Gasteiger partial charge in [0.1, 0.15) is 17.5 Å². The number of halogens is 2. The highest BCUT2D eigenvalue weighted by atomic mass is 35.5. The highest BCUT2D eigenvalue weighted by molar-refractivity contribution is 6.31. The zero-order valence-corrected chi connectivity index (χ0v) is 22.1. The molecule has 2 aliphatic heterocycles. The zero-order chi connectivity index (χ0) is 26.9. The lowest BCUT2D eigenvalue weighted by Crippen LogP contribution is -2.52. The number of carbonyl (C=O) groups is 4. The van der Waals surface area contributed by atoms with E-state index >= 15 is 0 Å². The molecule has 1 fully saturated rings. The fourth-order valence-electron chi connectivity index (χ4n) is 4.51. The van der Waals surface area contributed by atoms with E-state index in [9.17, 15) is 19.2 Å².